The number of hydrogen-bond donors (Lipinski definition) is 2. The summed E-state index contributed by atoms with van der Waals surface area (Å²) < 4.78 is 13.1. The van der Waals surface area contributed by atoms with E-state index < -0.39 is 5.92 Å². The molecular formula is C15H14FN3O2S. The number of anilines is 1. The number of hydrogen-bond acceptors (Lipinski definition) is 4. The second-order valence-electron chi connectivity index (χ2n) is 4.92. The van der Waals surface area contributed by atoms with Crippen LogP contribution in [-0.4, -0.2) is 21.6 Å². The van der Waals surface area contributed by atoms with E-state index in [1.165, 1.54) is 23.9 Å². The van der Waals surface area contributed by atoms with Crippen LogP contribution in [0.2, 0.25) is 0 Å². The lowest BCUT2D eigenvalue weighted by molar-refractivity contribution is -0.116. The number of thioether (sulfide) groups is 1. The minimum Gasteiger partial charge on any atom is -0.310 e. The molecule has 0 unspecified atom stereocenters. The van der Waals surface area contributed by atoms with Gasteiger partial charge in [-0.05, 0) is 23.4 Å². The number of nitrogens with one attached hydrogen (secondary N) is 2. The molecule has 22 heavy (non-hydrogen) atoms. The zero-order valence-corrected chi connectivity index (χ0v) is 12.7. The third-order valence-corrected chi connectivity index (χ3v) is 4.24. The van der Waals surface area contributed by atoms with Crippen molar-refractivity contribution in [2.45, 2.75) is 24.4 Å². The predicted octanol–water partition coefficient (Wildman–Crippen LogP) is 2.50. The van der Waals surface area contributed by atoms with Crippen LogP contribution in [0.1, 0.15) is 30.4 Å². The molecule has 0 aliphatic carbocycles. The highest BCUT2D eigenvalue weighted by Crippen LogP contribution is 2.34. The van der Waals surface area contributed by atoms with Crippen LogP contribution in [-0.2, 0) is 4.79 Å². The molecule has 2 aromatic rings. The number of benzene rings is 1. The van der Waals surface area contributed by atoms with Gasteiger partial charge in [-0.1, -0.05) is 30.8 Å². The number of halogens is 1. The lowest BCUT2D eigenvalue weighted by Crippen LogP contribution is -2.31. The first kappa shape index (κ1) is 14.8. The standard InChI is InChI=1S/C15H14FN3O2S/c1-2-22-15-18-13-12(14(21)19-15)10(7-11(20)17-13)8-3-5-9(16)6-4-8/h3-6,10H,2,7H2,1H3,(H2,17,18,19,20,21)/t10-/m0/s1. The summed E-state index contributed by atoms with van der Waals surface area (Å²) in [5.41, 5.74) is 0.877. The van der Waals surface area contributed by atoms with Gasteiger partial charge in [-0.15, -0.1) is 0 Å². The first-order chi connectivity index (χ1) is 10.6. The number of aromatic nitrogens is 2. The van der Waals surface area contributed by atoms with E-state index in [0.29, 0.717) is 16.5 Å². The van der Waals surface area contributed by atoms with Gasteiger partial charge in [0.1, 0.15) is 11.6 Å². The molecule has 0 fully saturated rings. The summed E-state index contributed by atoms with van der Waals surface area (Å²) in [4.78, 5) is 31.3. The van der Waals surface area contributed by atoms with Crippen molar-refractivity contribution in [2.24, 2.45) is 0 Å². The first-order valence-corrected chi connectivity index (χ1v) is 7.89. The summed E-state index contributed by atoms with van der Waals surface area (Å²) in [5.74, 6) is 0.0849. The molecule has 2 N–H and O–H groups in total. The third-order valence-electron chi connectivity index (χ3n) is 3.48. The Labute approximate surface area is 130 Å². The largest absolute Gasteiger partial charge is 0.310 e. The maximum absolute atomic E-state index is 13.1. The molecule has 0 radical (unpaired) electrons. The molecule has 3 rings (SSSR count). The highest BCUT2D eigenvalue weighted by molar-refractivity contribution is 7.99. The third kappa shape index (κ3) is 2.76. The number of carbonyl (C=O) groups is 1. The number of fused-ring (bicyclic) bond motifs is 1. The van der Waals surface area contributed by atoms with Crippen molar-refractivity contribution in [1.82, 2.24) is 9.97 Å². The van der Waals surface area contributed by atoms with Crippen molar-refractivity contribution in [3.8, 4) is 0 Å². The van der Waals surface area contributed by atoms with Crippen molar-refractivity contribution >= 4 is 23.5 Å². The minimum absolute atomic E-state index is 0.143. The van der Waals surface area contributed by atoms with Crippen molar-refractivity contribution in [2.75, 3.05) is 11.1 Å². The summed E-state index contributed by atoms with van der Waals surface area (Å²) in [6.07, 6.45) is 0.143. The Hall–Kier alpha value is -2.15. The monoisotopic (exact) mass is 319 g/mol. The Balaban J connectivity index is 2.11. The van der Waals surface area contributed by atoms with Gasteiger partial charge in [0.05, 0.1) is 5.56 Å². The fourth-order valence-electron chi connectivity index (χ4n) is 2.54. The summed E-state index contributed by atoms with van der Waals surface area (Å²) in [7, 11) is 0. The topological polar surface area (TPSA) is 74.8 Å². The molecule has 1 aromatic carbocycles. The molecule has 0 spiro atoms. The predicted molar refractivity (Wildman–Crippen MR) is 82.7 cm³/mol. The first-order valence-electron chi connectivity index (χ1n) is 6.90. The number of rotatable bonds is 3. The molecule has 0 saturated heterocycles. The molecular weight excluding hydrogens is 305 g/mol. The molecule has 1 aliphatic heterocycles. The van der Waals surface area contributed by atoms with E-state index in [2.05, 4.69) is 15.3 Å². The second-order valence-corrected chi connectivity index (χ2v) is 6.18. The number of amides is 1. The van der Waals surface area contributed by atoms with E-state index in [4.69, 9.17) is 0 Å². The summed E-state index contributed by atoms with van der Waals surface area (Å²) in [6, 6.07) is 5.84. The van der Waals surface area contributed by atoms with Crippen LogP contribution < -0.4 is 10.9 Å². The van der Waals surface area contributed by atoms with Gasteiger partial charge in [-0.2, -0.15) is 0 Å². The van der Waals surface area contributed by atoms with Crippen LogP contribution in [0, 0.1) is 5.82 Å². The molecule has 1 aliphatic rings. The maximum Gasteiger partial charge on any atom is 0.257 e. The van der Waals surface area contributed by atoms with E-state index in [-0.39, 0.29) is 23.7 Å². The SMILES string of the molecule is CCSc1nc2c(c(=O)[nH]1)[C@H](c1ccc(F)cc1)CC(=O)N2. The highest BCUT2D eigenvalue weighted by Gasteiger charge is 2.30. The van der Waals surface area contributed by atoms with Gasteiger partial charge in [-0.3, -0.25) is 9.59 Å². The number of carbonyl (C=O) groups excluding carboxylic acids is 1. The quantitative estimate of drug-likeness (QED) is 0.673. The van der Waals surface area contributed by atoms with E-state index in [0.717, 1.165) is 11.3 Å². The average molecular weight is 319 g/mol. The van der Waals surface area contributed by atoms with Gasteiger partial charge in [0.15, 0.2) is 5.16 Å². The maximum atomic E-state index is 13.1. The fraction of sp³-hybridized carbons (Fsp3) is 0.267. The molecule has 1 amide bonds. The smallest absolute Gasteiger partial charge is 0.257 e. The molecule has 5 nitrogen and oxygen atoms in total. The lowest BCUT2D eigenvalue weighted by Gasteiger charge is -2.24. The number of aromatic amines is 1. The molecule has 0 bridgehead atoms. The van der Waals surface area contributed by atoms with E-state index in [1.54, 1.807) is 12.1 Å². The average Bonchev–Trinajstić information content (AvgIpc) is 2.47. The Morgan fingerprint density at radius 1 is 1.32 bits per heavy atom. The zero-order valence-electron chi connectivity index (χ0n) is 11.9. The number of nitrogens with zero attached hydrogens (tertiary/aromatic N) is 1. The Bertz CT molecular complexity index is 773. The molecule has 0 saturated carbocycles. The van der Waals surface area contributed by atoms with Crippen LogP contribution >= 0.6 is 11.8 Å². The molecule has 2 heterocycles. The molecule has 1 aromatic heterocycles. The van der Waals surface area contributed by atoms with Crippen molar-refractivity contribution in [1.29, 1.82) is 0 Å². The number of H-pyrrole nitrogens is 1. The van der Waals surface area contributed by atoms with Gasteiger partial charge < -0.3 is 10.3 Å². The van der Waals surface area contributed by atoms with E-state index in [9.17, 15) is 14.0 Å². The van der Waals surface area contributed by atoms with Gasteiger partial charge in [0, 0.05) is 12.3 Å². The fourth-order valence-corrected chi connectivity index (χ4v) is 3.13. The van der Waals surface area contributed by atoms with Crippen LogP contribution in [0.3, 0.4) is 0 Å². The van der Waals surface area contributed by atoms with Crippen molar-refractivity contribution < 1.29 is 9.18 Å². The second kappa shape index (κ2) is 5.92. The highest BCUT2D eigenvalue weighted by atomic mass is 32.2. The Morgan fingerprint density at radius 2 is 2.05 bits per heavy atom. The Morgan fingerprint density at radius 3 is 2.73 bits per heavy atom. The summed E-state index contributed by atoms with van der Waals surface area (Å²) in [6.45, 7) is 1.95. The van der Waals surface area contributed by atoms with Gasteiger partial charge >= 0.3 is 0 Å². The van der Waals surface area contributed by atoms with Crippen LogP contribution in [0.15, 0.2) is 34.2 Å². The van der Waals surface area contributed by atoms with Gasteiger partial charge in [0.25, 0.3) is 5.56 Å². The molecule has 114 valence electrons. The van der Waals surface area contributed by atoms with Crippen LogP contribution in [0.5, 0.6) is 0 Å². The van der Waals surface area contributed by atoms with Gasteiger partial charge in [0.2, 0.25) is 5.91 Å². The normalized spacial score (nSPS) is 17.0. The summed E-state index contributed by atoms with van der Waals surface area (Å²) in [5, 5.41) is 3.13. The zero-order chi connectivity index (χ0) is 15.7. The van der Waals surface area contributed by atoms with E-state index >= 15 is 0 Å². The summed E-state index contributed by atoms with van der Waals surface area (Å²) >= 11 is 1.39. The van der Waals surface area contributed by atoms with Gasteiger partial charge in [-0.25, -0.2) is 9.37 Å². The van der Waals surface area contributed by atoms with Crippen molar-refractivity contribution in [3.63, 3.8) is 0 Å². The minimum atomic E-state index is -0.415. The van der Waals surface area contributed by atoms with Crippen LogP contribution in [0.4, 0.5) is 10.2 Å². The van der Waals surface area contributed by atoms with Crippen LogP contribution in [0.25, 0.3) is 0 Å². The van der Waals surface area contributed by atoms with E-state index in [1.807, 2.05) is 6.92 Å². The molecule has 1 atom stereocenters. The lowest BCUT2D eigenvalue weighted by atomic mass is 9.87. The van der Waals surface area contributed by atoms with Crippen molar-refractivity contribution in [3.05, 3.63) is 51.6 Å². The molecule has 7 heteroatoms. The Kier molecular flexibility index (Phi) is 3.98.